The summed E-state index contributed by atoms with van der Waals surface area (Å²) in [6.07, 6.45) is 0. The molecule has 1 aliphatic rings. The third-order valence-corrected chi connectivity index (χ3v) is 4.32. The van der Waals surface area contributed by atoms with Crippen LogP contribution in [-0.4, -0.2) is 12.9 Å². The highest BCUT2D eigenvalue weighted by Crippen LogP contribution is 2.42. The van der Waals surface area contributed by atoms with Gasteiger partial charge in [0.1, 0.15) is 11.4 Å². The van der Waals surface area contributed by atoms with E-state index in [0.29, 0.717) is 5.92 Å². The van der Waals surface area contributed by atoms with E-state index in [4.69, 9.17) is 4.99 Å². The molecule has 3 rings (SSSR count). The van der Waals surface area contributed by atoms with Crippen LogP contribution in [0.25, 0.3) is 0 Å². The van der Waals surface area contributed by atoms with Crippen LogP contribution in [0.1, 0.15) is 31.9 Å². The normalized spacial score (nSPS) is 21.2. The zero-order chi connectivity index (χ0) is 15.0. The van der Waals surface area contributed by atoms with E-state index >= 15 is 0 Å². The number of hydrogen-bond acceptors (Lipinski definition) is 2. The van der Waals surface area contributed by atoms with Crippen LogP contribution in [0.4, 0.5) is 5.69 Å². The predicted molar refractivity (Wildman–Crippen MR) is 90.0 cm³/mol. The SMILES string of the molecule is CC(C)C1=NC(C)(c2ccccc2)c2ccccc2N1C. The molecule has 0 radical (unpaired) electrons. The maximum absolute atomic E-state index is 5.15. The molecule has 2 heteroatoms. The van der Waals surface area contributed by atoms with Gasteiger partial charge in [-0.25, -0.2) is 0 Å². The quantitative estimate of drug-likeness (QED) is 0.792. The van der Waals surface area contributed by atoms with Crippen molar-refractivity contribution in [3.05, 3.63) is 65.7 Å². The molecule has 1 heterocycles. The molecule has 0 N–H and O–H groups in total. The summed E-state index contributed by atoms with van der Waals surface area (Å²) in [5.41, 5.74) is 3.44. The van der Waals surface area contributed by atoms with Gasteiger partial charge in [0.25, 0.3) is 0 Å². The van der Waals surface area contributed by atoms with E-state index < -0.39 is 0 Å². The Balaban J connectivity index is 2.27. The maximum atomic E-state index is 5.15. The first-order valence-corrected chi connectivity index (χ1v) is 7.52. The molecule has 0 amide bonds. The van der Waals surface area contributed by atoms with Gasteiger partial charge in [-0.05, 0) is 18.6 Å². The van der Waals surface area contributed by atoms with Crippen LogP contribution in [0.3, 0.4) is 0 Å². The monoisotopic (exact) mass is 278 g/mol. The molecule has 0 fully saturated rings. The van der Waals surface area contributed by atoms with Crippen molar-refractivity contribution in [1.29, 1.82) is 0 Å². The minimum absolute atomic E-state index is 0.316. The van der Waals surface area contributed by atoms with Gasteiger partial charge in [0.05, 0.1) is 0 Å². The van der Waals surface area contributed by atoms with Gasteiger partial charge in [-0.15, -0.1) is 0 Å². The Kier molecular flexibility index (Phi) is 3.32. The highest BCUT2D eigenvalue weighted by atomic mass is 15.2. The summed E-state index contributed by atoms with van der Waals surface area (Å²) < 4.78 is 0. The number of fused-ring (bicyclic) bond motifs is 1. The summed E-state index contributed by atoms with van der Waals surface area (Å²) in [7, 11) is 2.11. The lowest BCUT2D eigenvalue weighted by molar-refractivity contribution is 0.585. The molecule has 108 valence electrons. The van der Waals surface area contributed by atoms with Gasteiger partial charge in [0.2, 0.25) is 0 Å². The molecule has 2 aromatic carbocycles. The molecule has 0 spiro atoms. The first kappa shape index (κ1) is 13.9. The number of para-hydroxylation sites is 1. The topological polar surface area (TPSA) is 15.6 Å². The first-order valence-electron chi connectivity index (χ1n) is 7.52. The van der Waals surface area contributed by atoms with Crippen molar-refractivity contribution in [1.82, 2.24) is 0 Å². The van der Waals surface area contributed by atoms with E-state index in [0.717, 1.165) is 5.84 Å². The van der Waals surface area contributed by atoms with Gasteiger partial charge in [-0.2, -0.15) is 0 Å². The number of nitrogens with zero attached hydrogens (tertiary/aromatic N) is 2. The van der Waals surface area contributed by atoms with Crippen LogP contribution in [0, 0.1) is 5.92 Å². The van der Waals surface area contributed by atoms with Crippen LogP contribution in [0.15, 0.2) is 59.6 Å². The van der Waals surface area contributed by atoms with E-state index in [9.17, 15) is 0 Å². The van der Waals surface area contributed by atoms with Crippen LogP contribution < -0.4 is 4.90 Å². The summed E-state index contributed by atoms with van der Waals surface area (Å²) in [6, 6.07) is 19.2. The lowest BCUT2D eigenvalue weighted by Gasteiger charge is -2.40. The van der Waals surface area contributed by atoms with E-state index in [1.54, 1.807) is 0 Å². The van der Waals surface area contributed by atoms with Crippen LogP contribution in [0.5, 0.6) is 0 Å². The molecule has 0 saturated heterocycles. The van der Waals surface area contributed by atoms with Crippen molar-refractivity contribution in [3.8, 4) is 0 Å². The second-order valence-electron chi connectivity index (χ2n) is 6.14. The highest BCUT2D eigenvalue weighted by molar-refractivity contribution is 6.01. The summed E-state index contributed by atoms with van der Waals surface area (Å²) in [5, 5.41) is 0. The molecular formula is C19H22N2. The van der Waals surface area contributed by atoms with E-state index in [1.807, 2.05) is 0 Å². The van der Waals surface area contributed by atoms with Crippen molar-refractivity contribution < 1.29 is 0 Å². The Hall–Kier alpha value is -2.09. The minimum atomic E-state index is -0.316. The number of benzene rings is 2. The van der Waals surface area contributed by atoms with E-state index in [-0.39, 0.29) is 5.54 Å². The lowest BCUT2D eigenvalue weighted by atomic mass is 9.82. The zero-order valence-corrected chi connectivity index (χ0v) is 13.2. The number of aliphatic imine (C=N–C) groups is 1. The van der Waals surface area contributed by atoms with Gasteiger partial charge >= 0.3 is 0 Å². The Morgan fingerprint density at radius 2 is 1.57 bits per heavy atom. The largest absolute Gasteiger partial charge is 0.333 e. The highest BCUT2D eigenvalue weighted by Gasteiger charge is 2.37. The third-order valence-electron chi connectivity index (χ3n) is 4.32. The van der Waals surface area contributed by atoms with Crippen LogP contribution in [0.2, 0.25) is 0 Å². The molecule has 1 unspecified atom stereocenters. The smallest absolute Gasteiger partial charge is 0.112 e. The van der Waals surface area contributed by atoms with Gasteiger partial charge < -0.3 is 4.90 Å². The number of amidine groups is 1. The Morgan fingerprint density at radius 1 is 0.952 bits per heavy atom. The van der Waals surface area contributed by atoms with E-state index in [1.165, 1.54) is 16.8 Å². The van der Waals surface area contributed by atoms with Crippen LogP contribution in [-0.2, 0) is 5.54 Å². The van der Waals surface area contributed by atoms with Gasteiger partial charge in [-0.3, -0.25) is 4.99 Å². The van der Waals surface area contributed by atoms with Crippen molar-refractivity contribution in [2.45, 2.75) is 26.3 Å². The second kappa shape index (κ2) is 5.03. The first-order chi connectivity index (χ1) is 10.0. The minimum Gasteiger partial charge on any atom is -0.333 e. The lowest BCUT2D eigenvalue weighted by Crippen LogP contribution is -2.40. The van der Waals surface area contributed by atoms with E-state index in [2.05, 4.69) is 87.3 Å². The van der Waals surface area contributed by atoms with Gasteiger partial charge in [-0.1, -0.05) is 62.4 Å². The summed E-state index contributed by atoms with van der Waals surface area (Å²) in [4.78, 5) is 7.38. The molecule has 2 aromatic rings. The Morgan fingerprint density at radius 3 is 2.24 bits per heavy atom. The average molecular weight is 278 g/mol. The number of hydrogen-bond donors (Lipinski definition) is 0. The van der Waals surface area contributed by atoms with Crippen LogP contribution >= 0.6 is 0 Å². The summed E-state index contributed by atoms with van der Waals surface area (Å²) in [5.74, 6) is 1.53. The molecule has 2 nitrogen and oxygen atoms in total. The fourth-order valence-electron chi connectivity index (χ4n) is 3.16. The molecule has 0 aromatic heterocycles. The molecule has 0 saturated carbocycles. The molecule has 1 atom stereocenters. The van der Waals surface area contributed by atoms with Crippen molar-refractivity contribution in [3.63, 3.8) is 0 Å². The van der Waals surface area contributed by atoms with Crippen molar-refractivity contribution in [2.24, 2.45) is 10.9 Å². The molecule has 21 heavy (non-hydrogen) atoms. The van der Waals surface area contributed by atoms with Gasteiger partial charge in [0, 0.05) is 24.2 Å². The molecule has 0 aliphatic carbocycles. The fraction of sp³-hybridized carbons (Fsp3) is 0.316. The molecule has 1 aliphatic heterocycles. The Bertz CT molecular complexity index is 673. The average Bonchev–Trinajstić information content (AvgIpc) is 2.52. The fourth-order valence-corrected chi connectivity index (χ4v) is 3.16. The second-order valence-corrected chi connectivity index (χ2v) is 6.14. The zero-order valence-electron chi connectivity index (χ0n) is 13.2. The predicted octanol–water partition coefficient (Wildman–Crippen LogP) is 4.45. The molecule has 0 bridgehead atoms. The van der Waals surface area contributed by atoms with Gasteiger partial charge in [0.15, 0.2) is 0 Å². The maximum Gasteiger partial charge on any atom is 0.112 e. The molecular weight excluding hydrogens is 256 g/mol. The summed E-state index contributed by atoms with van der Waals surface area (Å²) >= 11 is 0. The standard InChI is InChI=1S/C19H22N2/c1-14(2)18-20-19(3,15-10-6-5-7-11-15)16-12-8-9-13-17(16)21(18)4/h5-14H,1-4H3. The Labute approximate surface area is 127 Å². The van der Waals surface area contributed by atoms with Crippen molar-refractivity contribution >= 4 is 11.5 Å². The summed E-state index contributed by atoms with van der Waals surface area (Å²) in [6.45, 7) is 6.62. The number of anilines is 1. The third kappa shape index (κ3) is 2.15. The van der Waals surface area contributed by atoms with Crippen molar-refractivity contribution in [2.75, 3.05) is 11.9 Å². The number of rotatable bonds is 2.